The van der Waals surface area contributed by atoms with Crippen LogP contribution in [0.3, 0.4) is 0 Å². The number of rotatable bonds is 6. The molecule has 0 spiro atoms. The zero-order chi connectivity index (χ0) is 16.3. The average molecular weight is 307 g/mol. The van der Waals surface area contributed by atoms with E-state index in [1.165, 1.54) is 0 Å². The first-order chi connectivity index (χ1) is 10.4. The Hall–Kier alpha value is -1.73. The fourth-order valence-corrected chi connectivity index (χ4v) is 3.00. The van der Waals surface area contributed by atoms with Crippen molar-refractivity contribution in [1.82, 2.24) is 9.97 Å². The zero-order valence-corrected chi connectivity index (χ0v) is 13.2. The molecule has 0 unspecified atom stereocenters. The third kappa shape index (κ3) is 3.20. The first-order valence-corrected chi connectivity index (χ1v) is 7.68. The number of aromatic nitrogens is 2. The summed E-state index contributed by atoms with van der Waals surface area (Å²) in [7, 11) is 0. The van der Waals surface area contributed by atoms with E-state index < -0.39 is 11.4 Å². The second-order valence-corrected chi connectivity index (χ2v) is 6.35. The second-order valence-electron chi connectivity index (χ2n) is 6.35. The van der Waals surface area contributed by atoms with Crippen molar-refractivity contribution in [1.29, 1.82) is 0 Å². The van der Waals surface area contributed by atoms with E-state index in [0.29, 0.717) is 18.1 Å². The van der Waals surface area contributed by atoms with Crippen molar-refractivity contribution in [3.8, 4) is 0 Å². The second kappa shape index (κ2) is 6.58. The molecule has 1 aliphatic heterocycles. The maximum Gasteiger partial charge on any atom is 0.243 e. The minimum atomic E-state index is -1.31. The van der Waals surface area contributed by atoms with Crippen molar-refractivity contribution in [2.75, 3.05) is 18.1 Å². The summed E-state index contributed by atoms with van der Waals surface area (Å²) in [6.07, 6.45) is 3.89. The third-order valence-electron chi connectivity index (χ3n) is 4.11. The molecule has 2 heterocycles. The monoisotopic (exact) mass is 307 g/mol. The highest BCUT2D eigenvalue weighted by Crippen LogP contribution is 2.27. The fraction of sp³-hybridized carbons (Fsp3) is 0.667. The van der Waals surface area contributed by atoms with Crippen molar-refractivity contribution < 1.29 is 9.90 Å². The summed E-state index contributed by atoms with van der Waals surface area (Å²) in [4.78, 5) is 22.6. The molecular formula is C15H25N5O2. The highest BCUT2D eigenvalue weighted by molar-refractivity contribution is 5.85. The van der Waals surface area contributed by atoms with Crippen LogP contribution in [0.15, 0.2) is 12.3 Å². The van der Waals surface area contributed by atoms with Gasteiger partial charge < -0.3 is 21.5 Å². The Morgan fingerprint density at radius 1 is 1.59 bits per heavy atom. The first-order valence-electron chi connectivity index (χ1n) is 7.68. The molecule has 1 saturated heterocycles. The van der Waals surface area contributed by atoms with Crippen molar-refractivity contribution in [2.24, 2.45) is 17.4 Å². The fourth-order valence-electron chi connectivity index (χ4n) is 3.00. The highest BCUT2D eigenvalue weighted by Gasteiger charge is 2.37. The zero-order valence-electron chi connectivity index (χ0n) is 13.2. The van der Waals surface area contributed by atoms with Crippen LogP contribution < -0.4 is 16.4 Å². The highest BCUT2D eigenvalue weighted by atomic mass is 16.3. The van der Waals surface area contributed by atoms with Crippen molar-refractivity contribution >= 4 is 11.9 Å². The van der Waals surface area contributed by atoms with E-state index in [1.807, 2.05) is 18.7 Å². The summed E-state index contributed by atoms with van der Waals surface area (Å²) >= 11 is 0. The third-order valence-corrected chi connectivity index (χ3v) is 4.11. The molecule has 7 heteroatoms. The molecule has 22 heavy (non-hydrogen) atoms. The van der Waals surface area contributed by atoms with E-state index in [9.17, 15) is 9.90 Å². The number of hydrogen-bond donors (Lipinski definition) is 3. The topological polar surface area (TPSA) is 118 Å². The Kier molecular flexibility index (Phi) is 4.97. The summed E-state index contributed by atoms with van der Waals surface area (Å²) < 4.78 is 0. The molecule has 1 aromatic rings. The van der Waals surface area contributed by atoms with E-state index >= 15 is 0 Å². The van der Waals surface area contributed by atoms with Crippen LogP contribution >= 0.6 is 0 Å². The number of nitrogens with two attached hydrogens (primary N) is 2. The summed E-state index contributed by atoms with van der Waals surface area (Å²) in [5.41, 5.74) is 10.9. The van der Waals surface area contributed by atoms with E-state index in [1.54, 1.807) is 12.3 Å². The summed E-state index contributed by atoms with van der Waals surface area (Å²) in [6.45, 7) is 4.81. The van der Waals surface area contributed by atoms with Gasteiger partial charge in [0.2, 0.25) is 11.9 Å². The molecule has 0 radical (unpaired) electrons. The molecule has 1 aliphatic rings. The van der Waals surface area contributed by atoms with Crippen LogP contribution in [-0.4, -0.2) is 40.2 Å². The SMILES string of the molecule is CC(C)C[C@](N)(C(N)=O)c1ccnc(N2CCC[C@@H]2CO)n1. The number of nitrogens with zero attached hydrogens (tertiary/aromatic N) is 3. The normalized spacial score (nSPS) is 21.1. The van der Waals surface area contributed by atoms with Crippen LogP contribution in [0.2, 0.25) is 0 Å². The van der Waals surface area contributed by atoms with E-state index in [0.717, 1.165) is 19.4 Å². The Morgan fingerprint density at radius 2 is 2.32 bits per heavy atom. The number of aliphatic hydroxyl groups excluding tert-OH is 1. The lowest BCUT2D eigenvalue weighted by atomic mass is 9.86. The van der Waals surface area contributed by atoms with Gasteiger partial charge in [-0.1, -0.05) is 13.8 Å². The van der Waals surface area contributed by atoms with Gasteiger partial charge in [-0.05, 0) is 31.2 Å². The minimum Gasteiger partial charge on any atom is -0.394 e. The number of primary amides is 1. The van der Waals surface area contributed by atoms with Crippen molar-refractivity contribution in [3.05, 3.63) is 18.0 Å². The van der Waals surface area contributed by atoms with Crippen LogP contribution in [0.4, 0.5) is 5.95 Å². The van der Waals surface area contributed by atoms with Gasteiger partial charge in [0.1, 0.15) is 5.54 Å². The minimum absolute atomic E-state index is 0.0149. The number of hydrogen-bond acceptors (Lipinski definition) is 6. The maximum absolute atomic E-state index is 11.9. The van der Waals surface area contributed by atoms with Crippen molar-refractivity contribution in [2.45, 2.75) is 44.7 Å². The van der Waals surface area contributed by atoms with Gasteiger partial charge in [0.15, 0.2) is 0 Å². The van der Waals surface area contributed by atoms with Gasteiger partial charge in [-0.2, -0.15) is 0 Å². The summed E-state index contributed by atoms with van der Waals surface area (Å²) in [5.74, 6) is 0.104. The molecule has 1 aromatic heterocycles. The van der Waals surface area contributed by atoms with Gasteiger partial charge >= 0.3 is 0 Å². The molecule has 2 rings (SSSR count). The van der Waals surface area contributed by atoms with E-state index in [-0.39, 0.29) is 18.6 Å². The molecule has 0 aromatic carbocycles. The quantitative estimate of drug-likeness (QED) is 0.687. The van der Waals surface area contributed by atoms with Gasteiger partial charge in [-0.25, -0.2) is 9.97 Å². The maximum atomic E-state index is 11.9. The number of carbonyl (C=O) groups is 1. The number of anilines is 1. The number of carbonyl (C=O) groups excluding carboxylic acids is 1. The molecule has 1 amide bonds. The van der Waals surface area contributed by atoms with E-state index in [4.69, 9.17) is 11.5 Å². The smallest absolute Gasteiger partial charge is 0.243 e. The Morgan fingerprint density at radius 3 is 2.91 bits per heavy atom. The lowest BCUT2D eigenvalue weighted by Crippen LogP contribution is -2.50. The molecular weight excluding hydrogens is 282 g/mol. The Bertz CT molecular complexity index is 536. The predicted molar refractivity (Wildman–Crippen MR) is 84.0 cm³/mol. The molecule has 7 nitrogen and oxygen atoms in total. The Balaban J connectivity index is 2.35. The van der Waals surface area contributed by atoms with E-state index in [2.05, 4.69) is 9.97 Å². The molecule has 0 bridgehead atoms. The van der Waals surface area contributed by atoms with Gasteiger partial charge in [0.05, 0.1) is 18.3 Å². The Labute approximate surface area is 130 Å². The van der Waals surface area contributed by atoms with Gasteiger partial charge in [0, 0.05) is 12.7 Å². The lowest BCUT2D eigenvalue weighted by molar-refractivity contribution is -0.124. The first kappa shape index (κ1) is 16.6. The number of aliphatic hydroxyl groups is 1. The van der Waals surface area contributed by atoms with Gasteiger partial charge in [0.25, 0.3) is 0 Å². The van der Waals surface area contributed by atoms with Crippen LogP contribution in [0.1, 0.15) is 38.8 Å². The van der Waals surface area contributed by atoms with Crippen LogP contribution in [-0.2, 0) is 10.3 Å². The standard InChI is InChI=1S/C15H25N5O2/c1-10(2)8-15(17,13(16)22)12-5-6-18-14(19-12)20-7-3-4-11(20)9-21/h5-6,10-11,21H,3-4,7-9,17H2,1-2H3,(H2,16,22)/t11-,15-/m1/s1. The molecule has 0 aliphatic carbocycles. The molecule has 0 saturated carbocycles. The molecule has 2 atom stereocenters. The van der Waals surface area contributed by atoms with Gasteiger partial charge in [-0.3, -0.25) is 4.79 Å². The van der Waals surface area contributed by atoms with Crippen LogP contribution in [0, 0.1) is 5.92 Å². The summed E-state index contributed by atoms with van der Waals surface area (Å²) in [5, 5.41) is 9.44. The number of amides is 1. The average Bonchev–Trinajstić information content (AvgIpc) is 2.95. The van der Waals surface area contributed by atoms with Crippen LogP contribution in [0.25, 0.3) is 0 Å². The lowest BCUT2D eigenvalue weighted by Gasteiger charge is -2.29. The largest absolute Gasteiger partial charge is 0.394 e. The van der Waals surface area contributed by atoms with Gasteiger partial charge in [-0.15, -0.1) is 0 Å². The molecule has 122 valence electrons. The summed E-state index contributed by atoms with van der Waals surface area (Å²) in [6, 6.07) is 1.65. The van der Waals surface area contributed by atoms with Crippen molar-refractivity contribution in [3.63, 3.8) is 0 Å². The predicted octanol–water partition coefficient (Wildman–Crippen LogP) is 0.123. The molecule has 5 N–H and O–H groups in total. The van der Waals surface area contributed by atoms with Crippen LogP contribution in [0.5, 0.6) is 0 Å². The molecule has 1 fully saturated rings.